The molecule has 1 aliphatic rings. The molecule has 2 rings (SSSR count). The van der Waals surface area contributed by atoms with Gasteiger partial charge in [0.15, 0.2) is 0 Å². The second-order valence-electron chi connectivity index (χ2n) is 6.24. The Morgan fingerprint density at radius 2 is 1.90 bits per heavy atom. The van der Waals surface area contributed by atoms with E-state index in [4.69, 9.17) is 5.73 Å². The lowest BCUT2D eigenvalue weighted by atomic mass is 10.0. The van der Waals surface area contributed by atoms with Crippen LogP contribution < -0.4 is 5.73 Å². The van der Waals surface area contributed by atoms with Gasteiger partial charge in [-0.3, -0.25) is 4.79 Å². The number of hydrogen-bond acceptors (Lipinski definition) is 3. The number of nitrogens with two attached hydrogens (primary N) is 1. The lowest BCUT2D eigenvalue weighted by Crippen LogP contribution is -2.36. The van der Waals surface area contributed by atoms with E-state index in [0.29, 0.717) is 17.6 Å². The fraction of sp³-hybridized carbons (Fsp3) is 0.562. The maximum Gasteiger partial charge on any atom is 0.254 e. The Hall–Kier alpha value is -1.55. The van der Waals surface area contributed by atoms with Crippen molar-refractivity contribution in [1.29, 1.82) is 0 Å². The van der Waals surface area contributed by atoms with Crippen molar-refractivity contribution in [2.24, 2.45) is 5.92 Å². The smallest absolute Gasteiger partial charge is 0.254 e. The van der Waals surface area contributed by atoms with Gasteiger partial charge >= 0.3 is 0 Å². The predicted octanol–water partition coefficient (Wildman–Crippen LogP) is 1.91. The van der Waals surface area contributed by atoms with E-state index in [2.05, 4.69) is 25.9 Å². The van der Waals surface area contributed by atoms with E-state index in [9.17, 15) is 4.79 Å². The van der Waals surface area contributed by atoms with E-state index < -0.39 is 0 Å². The largest absolute Gasteiger partial charge is 0.398 e. The topological polar surface area (TPSA) is 49.6 Å². The van der Waals surface area contributed by atoms with Crippen molar-refractivity contribution in [3.05, 3.63) is 28.8 Å². The molecule has 0 spiro atoms. The van der Waals surface area contributed by atoms with Gasteiger partial charge in [-0.2, -0.15) is 0 Å². The highest BCUT2D eigenvalue weighted by molar-refractivity contribution is 5.97. The number of anilines is 1. The minimum absolute atomic E-state index is 0.102. The number of likely N-dealkylation sites (tertiary alicyclic amines) is 1. The van der Waals surface area contributed by atoms with Crippen LogP contribution in [0.1, 0.15) is 28.4 Å². The Balaban J connectivity index is 2.23. The van der Waals surface area contributed by atoms with Gasteiger partial charge in [-0.1, -0.05) is 13.0 Å². The number of hydrogen-bond donors (Lipinski definition) is 1. The molecule has 0 saturated carbocycles. The third-order valence-electron chi connectivity index (χ3n) is 4.37. The van der Waals surface area contributed by atoms with Crippen molar-refractivity contribution < 1.29 is 4.79 Å². The summed E-state index contributed by atoms with van der Waals surface area (Å²) in [6.07, 6.45) is 0. The number of nitrogens with zero attached hydrogens (tertiary/aromatic N) is 2. The highest BCUT2D eigenvalue weighted by Gasteiger charge is 2.34. The van der Waals surface area contributed by atoms with E-state index in [-0.39, 0.29) is 5.91 Å². The molecule has 1 amide bonds. The monoisotopic (exact) mass is 275 g/mol. The van der Waals surface area contributed by atoms with Crippen LogP contribution in [0, 0.1) is 19.8 Å². The Bertz CT molecular complexity index is 525. The standard InChI is InChI=1S/C16H25N3O/c1-10-6-11(2)14(17)7-13(10)16(20)19-8-12(3)15(9-19)18(4)5/h6-7,12,15H,8-9,17H2,1-5H3. The summed E-state index contributed by atoms with van der Waals surface area (Å²) in [4.78, 5) is 16.9. The zero-order valence-corrected chi connectivity index (χ0v) is 13.1. The van der Waals surface area contributed by atoms with E-state index in [1.165, 1.54) is 0 Å². The number of likely N-dealkylation sites (N-methyl/N-ethyl adjacent to an activating group) is 1. The Morgan fingerprint density at radius 1 is 1.25 bits per heavy atom. The zero-order valence-electron chi connectivity index (χ0n) is 13.1. The molecule has 0 radical (unpaired) electrons. The Kier molecular flexibility index (Phi) is 4.04. The highest BCUT2D eigenvalue weighted by atomic mass is 16.2. The first-order valence-corrected chi connectivity index (χ1v) is 7.13. The molecule has 2 N–H and O–H groups in total. The van der Waals surface area contributed by atoms with Crippen LogP contribution in [0.4, 0.5) is 5.69 Å². The molecule has 0 aromatic heterocycles. The number of rotatable bonds is 2. The van der Waals surface area contributed by atoms with Crippen LogP contribution in [-0.2, 0) is 0 Å². The van der Waals surface area contributed by atoms with Gasteiger partial charge in [-0.15, -0.1) is 0 Å². The van der Waals surface area contributed by atoms with Crippen molar-refractivity contribution in [3.63, 3.8) is 0 Å². The third kappa shape index (κ3) is 2.66. The molecule has 1 heterocycles. The van der Waals surface area contributed by atoms with Crippen LogP contribution in [0.3, 0.4) is 0 Å². The molecule has 4 heteroatoms. The first kappa shape index (κ1) is 14.9. The second-order valence-corrected chi connectivity index (χ2v) is 6.24. The number of benzene rings is 1. The number of aryl methyl sites for hydroxylation is 2. The predicted molar refractivity (Wildman–Crippen MR) is 82.9 cm³/mol. The van der Waals surface area contributed by atoms with Crippen LogP contribution in [0.15, 0.2) is 12.1 Å². The lowest BCUT2D eigenvalue weighted by molar-refractivity contribution is 0.0781. The van der Waals surface area contributed by atoms with E-state index in [1.54, 1.807) is 0 Å². The summed E-state index contributed by atoms with van der Waals surface area (Å²) in [6.45, 7) is 7.75. The van der Waals surface area contributed by atoms with Gasteiger partial charge in [0, 0.05) is 30.4 Å². The summed E-state index contributed by atoms with van der Waals surface area (Å²) in [5.41, 5.74) is 9.41. The van der Waals surface area contributed by atoms with Crippen LogP contribution >= 0.6 is 0 Å². The molecule has 0 bridgehead atoms. The van der Waals surface area contributed by atoms with Gasteiger partial charge in [0.1, 0.15) is 0 Å². The first-order chi connectivity index (χ1) is 9.31. The van der Waals surface area contributed by atoms with E-state index in [1.807, 2.05) is 30.9 Å². The first-order valence-electron chi connectivity index (χ1n) is 7.13. The average molecular weight is 275 g/mol. The molecule has 1 saturated heterocycles. The van der Waals surface area contributed by atoms with Crippen LogP contribution in [0.25, 0.3) is 0 Å². The molecule has 1 aliphatic heterocycles. The number of amides is 1. The fourth-order valence-electron chi connectivity index (χ4n) is 3.06. The van der Waals surface area contributed by atoms with Crippen molar-refractivity contribution >= 4 is 11.6 Å². The maximum absolute atomic E-state index is 12.7. The summed E-state index contributed by atoms with van der Waals surface area (Å²) < 4.78 is 0. The minimum Gasteiger partial charge on any atom is -0.398 e. The molecule has 0 aliphatic carbocycles. The van der Waals surface area contributed by atoms with E-state index in [0.717, 1.165) is 29.8 Å². The number of nitrogen functional groups attached to an aromatic ring is 1. The van der Waals surface area contributed by atoms with Gasteiger partial charge in [0.25, 0.3) is 5.91 Å². The van der Waals surface area contributed by atoms with Crippen molar-refractivity contribution in [2.75, 3.05) is 32.9 Å². The summed E-state index contributed by atoms with van der Waals surface area (Å²) in [6, 6.07) is 4.24. The van der Waals surface area contributed by atoms with Gasteiger partial charge in [0.05, 0.1) is 0 Å². The molecular formula is C16H25N3O. The molecule has 2 unspecified atom stereocenters. The molecule has 1 aromatic carbocycles. The summed E-state index contributed by atoms with van der Waals surface area (Å²) in [7, 11) is 4.15. The Morgan fingerprint density at radius 3 is 2.45 bits per heavy atom. The van der Waals surface area contributed by atoms with Gasteiger partial charge in [-0.05, 0) is 51.1 Å². The average Bonchev–Trinajstić information content (AvgIpc) is 2.75. The van der Waals surface area contributed by atoms with Crippen LogP contribution in [-0.4, -0.2) is 48.9 Å². The third-order valence-corrected chi connectivity index (χ3v) is 4.37. The maximum atomic E-state index is 12.7. The number of carbonyl (C=O) groups is 1. The van der Waals surface area contributed by atoms with Gasteiger partial charge in [-0.25, -0.2) is 0 Å². The van der Waals surface area contributed by atoms with Gasteiger partial charge < -0.3 is 15.5 Å². The zero-order chi connectivity index (χ0) is 15.0. The molecule has 1 fully saturated rings. The molecule has 110 valence electrons. The van der Waals surface area contributed by atoms with Crippen molar-refractivity contribution in [3.8, 4) is 0 Å². The molecule has 4 nitrogen and oxygen atoms in total. The van der Waals surface area contributed by atoms with Crippen molar-refractivity contribution in [2.45, 2.75) is 26.8 Å². The van der Waals surface area contributed by atoms with Gasteiger partial charge in [0.2, 0.25) is 0 Å². The number of carbonyl (C=O) groups excluding carboxylic acids is 1. The Labute approximate surface area is 121 Å². The van der Waals surface area contributed by atoms with Crippen molar-refractivity contribution in [1.82, 2.24) is 9.80 Å². The summed E-state index contributed by atoms with van der Waals surface area (Å²) in [5, 5.41) is 0. The molecular weight excluding hydrogens is 250 g/mol. The quantitative estimate of drug-likeness (QED) is 0.839. The van der Waals surface area contributed by atoms with Crippen LogP contribution in [0.5, 0.6) is 0 Å². The summed E-state index contributed by atoms with van der Waals surface area (Å²) in [5.74, 6) is 0.599. The normalized spacial score (nSPS) is 22.6. The molecule has 2 atom stereocenters. The lowest BCUT2D eigenvalue weighted by Gasteiger charge is -2.22. The minimum atomic E-state index is 0.102. The second kappa shape index (κ2) is 5.44. The fourth-order valence-corrected chi connectivity index (χ4v) is 3.06. The molecule has 1 aromatic rings. The summed E-state index contributed by atoms with van der Waals surface area (Å²) >= 11 is 0. The molecule has 20 heavy (non-hydrogen) atoms. The van der Waals surface area contributed by atoms with Crippen LogP contribution in [0.2, 0.25) is 0 Å². The SMILES string of the molecule is Cc1cc(C)c(C(=O)N2CC(C)C(N(C)C)C2)cc1N. The van der Waals surface area contributed by atoms with E-state index >= 15 is 0 Å². The highest BCUT2D eigenvalue weighted by Crippen LogP contribution is 2.25.